The van der Waals surface area contributed by atoms with E-state index in [0.717, 1.165) is 5.56 Å². The maximum absolute atomic E-state index is 12.1. The fourth-order valence-corrected chi connectivity index (χ4v) is 2.74. The lowest BCUT2D eigenvalue weighted by molar-refractivity contribution is -0.121. The summed E-state index contributed by atoms with van der Waals surface area (Å²) < 4.78 is 0. The first-order chi connectivity index (χ1) is 9.97. The summed E-state index contributed by atoms with van der Waals surface area (Å²) in [6.45, 7) is 1.90. The quantitative estimate of drug-likeness (QED) is 0.826. The summed E-state index contributed by atoms with van der Waals surface area (Å²) in [5, 5.41) is 4.54. The smallest absolute Gasteiger partial charge is 0.225 e. The molecule has 0 unspecified atom stereocenters. The Morgan fingerprint density at radius 2 is 1.71 bits per heavy atom. The Hall–Kier alpha value is -1.22. The van der Waals surface area contributed by atoms with Gasteiger partial charge in [0.25, 0.3) is 0 Å². The van der Waals surface area contributed by atoms with E-state index < -0.39 is 0 Å². The number of hydrogen-bond acceptors (Lipinski definition) is 1. The van der Waals surface area contributed by atoms with Crippen molar-refractivity contribution in [2.24, 2.45) is 0 Å². The van der Waals surface area contributed by atoms with Crippen LogP contribution in [0.15, 0.2) is 42.5 Å². The first kappa shape index (κ1) is 16.2. The average Bonchev–Trinajstić information content (AvgIpc) is 2.43. The van der Waals surface area contributed by atoms with E-state index in [9.17, 15) is 4.79 Å². The topological polar surface area (TPSA) is 29.1 Å². The van der Waals surface area contributed by atoms with Crippen LogP contribution >= 0.6 is 34.8 Å². The van der Waals surface area contributed by atoms with Crippen molar-refractivity contribution in [3.8, 4) is 0 Å². The number of carbonyl (C=O) groups excluding carboxylic acids is 1. The molecule has 2 nitrogen and oxygen atoms in total. The number of rotatable bonds is 4. The molecule has 0 saturated heterocycles. The molecule has 0 aliphatic rings. The molecule has 1 N–H and O–H groups in total. The molecular formula is C16H14Cl3NO. The van der Waals surface area contributed by atoms with E-state index in [0.29, 0.717) is 20.6 Å². The zero-order valence-electron chi connectivity index (χ0n) is 11.4. The van der Waals surface area contributed by atoms with E-state index in [2.05, 4.69) is 5.32 Å². The third kappa shape index (κ3) is 4.37. The Kier molecular flexibility index (Phi) is 5.51. The molecule has 0 radical (unpaired) electrons. The number of halogens is 3. The summed E-state index contributed by atoms with van der Waals surface area (Å²) in [7, 11) is 0. The monoisotopic (exact) mass is 341 g/mol. The van der Waals surface area contributed by atoms with Crippen molar-refractivity contribution >= 4 is 40.7 Å². The number of amides is 1. The minimum atomic E-state index is -0.141. The van der Waals surface area contributed by atoms with Gasteiger partial charge >= 0.3 is 0 Å². The molecule has 0 fully saturated rings. The Labute approximate surface area is 139 Å². The molecule has 21 heavy (non-hydrogen) atoms. The minimum absolute atomic E-state index is 0.141. The lowest BCUT2D eigenvalue weighted by atomic mass is 10.1. The van der Waals surface area contributed by atoms with E-state index in [4.69, 9.17) is 34.8 Å². The number of hydrogen-bond donors (Lipinski definition) is 1. The van der Waals surface area contributed by atoms with Crippen LogP contribution in [0.2, 0.25) is 15.1 Å². The predicted octanol–water partition coefficient (Wildman–Crippen LogP) is 5.07. The lowest BCUT2D eigenvalue weighted by Crippen LogP contribution is -2.28. The Morgan fingerprint density at radius 1 is 1.10 bits per heavy atom. The van der Waals surface area contributed by atoms with Gasteiger partial charge in [-0.25, -0.2) is 0 Å². The first-order valence-corrected chi connectivity index (χ1v) is 7.58. The summed E-state index contributed by atoms with van der Waals surface area (Å²) in [4.78, 5) is 12.1. The summed E-state index contributed by atoms with van der Waals surface area (Å²) in [6.07, 6.45) is 0.142. The SMILES string of the molecule is C[C@@H](NC(=O)Cc1c(Cl)cccc1Cl)c1cccc(Cl)c1. The Bertz CT molecular complexity index is 637. The van der Waals surface area contributed by atoms with Gasteiger partial charge in [-0.1, -0.05) is 53.0 Å². The number of benzene rings is 2. The van der Waals surface area contributed by atoms with Crippen LogP contribution in [0.4, 0.5) is 0 Å². The molecule has 0 spiro atoms. The van der Waals surface area contributed by atoms with Gasteiger partial charge in [-0.15, -0.1) is 0 Å². The maximum Gasteiger partial charge on any atom is 0.225 e. The van der Waals surface area contributed by atoms with Crippen LogP contribution in [0.5, 0.6) is 0 Å². The fourth-order valence-electron chi connectivity index (χ4n) is 2.01. The second-order valence-electron chi connectivity index (χ2n) is 4.72. The van der Waals surface area contributed by atoms with Crippen LogP contribution in [-0.4, -0.2) is 5.91 Å². The summed E-state index contributed by atoms with van der Waals surface area (Å²) in [5.74, 6) is -0.141. The zero-order chi connectivity index (χ0) is 15.4. The lowest BCUT2D eigenvalue weighted by Gasteiger charge is -2.15. The van der Waals surface area contributed by atoms with Crippen molar-refractivity contribution in [3.05, 3.63) is 68.7 Å². The molecule has 2 rings (SSSR count). The van der Waals surface area contributed by atoms with Crippen LogP contribution in [-0.2, 0) is 11.2 Å². The highest BCUT2D eigenvalue weighted by molar-refractivity contribution is 6.36. The van der Waals surface area contributed by atoms with E-state index in [1.807, 2.05) is 25.1 Å². The van der Waals surface area contributed by atoms with Gasteiger partial charge in [0.15, 0.2) is 0 Å². The summed E-state index contributed by atoms with van der Waals surface area (Å²) >= 11 is 18.1. The first-order valence-electron chi connectivity index (χ1n) is 6.45. The molecule has 0 saturated carbocycles. The van der Waals surface area contributed by atoms with Crippen LogP contribution in [0.1, 0.15) is 24.1 Å². The standard InChI is InChI=1S/C16H14Cl3NO/c1-10(11-4-2-5-12(17)8-11)20-16(21)9-13-14(18)6-3-7-15(13)19/h2-8,10H,9H2,1H3,(H,20,21)/t10-/m1/s1. The molecule has 2 aromatic rings. The van der Waals surface area contributed by atoms with Gasteiger partial charge in [0.2, 0.25) is 5.91 Å². The van der Waals surface area contributed by atoms with Crippen LogP contribution in [0.25, 0.3) is 0 Å². The largest absolute Gasteiger partial charge is 0.349 e. The second kappa shape index (κ2) is 7.17. The average molecular weight is 343 g/mol. The molecular weight excluding hydrogens is 329 g/mol. The van der Waals surface area contributed by atoms with Crippen LogP contribution in [0, 0.1) is 0 Å². The Balaban J connectivity index is 2.05. The van der Waals surface area contributed by atoms with E-state index >= 15 is 0 Å². The molecule has 0 aromatic heterocycles. The highest BCUT2D eigenvalue weighted by atomic mass is 35.5. The van der Waals surface area contributed by atoms with Gasteiger partial charge in [-0.2, -0.15) is 0 Å². The van der Waals surface area contributed by atoms with E-state index in [1.165, 1.54) is 0 Å². The maximum atomic E-state index is 12.1. The molecule has 5 heteroatoms. The highest BCUT2D eigenvalue weighted by Crippen LogP contribution is 2.25. The van der Waals surface area contributed by atoms with Crippen molar-refractivity contribution < 1.29 is 4.79 Å². The number of nitrogens with one attached hydrogen (secondary N) is 1. The van der Waals surface area contributed by atoms with Gasteiger partial charge in [0.1, 0.15) is 0 Å². The zero-order valence-corrected chi connectivity index (χ0v) is 13.6. The van der Waals surface area contributed by atoms with Gasteiger partial charge in [-0.05, 0) is 42.3 Å². The van der Waals surface area contributed by atoms with Crippen molar-refractivity contribution in [2.75, 3.05) is 0 Å². The summed E-state index contributed by atoms with van der Waals surface area (Å²) in [6, 6.07) is 12.4. The molecule has 1 amide bonds. The molecule has 0 aliphatic carbocycles. The van der Waals surface area contributed by atoms with Crippen LogP contribution < -0.4 is 5.32 Å². The van der Waals surface area contributed by atoms with Crippen molar-refractivity contribution in [1.29, 1.82) is 0 Å². The molecule has 2 aromatic carbocycles. The predicted molar refractivity (Wildman–Crippen MR) is 88.2 cm³/mol. The molecule has 110 valence electrons. The number of carbonyl (C=O) groups is 1. The molecule has 1 atom stereocenters. The van der Waals surface area contributed by atoms with Crippen LogP contribution in [0.3, 0.4) is 0 Å². The van der Waals surface area contributed by atoms with Gasteiger partial charge < -0.3 is 5.32 Å². The van der Waals surface area contributed by atoms with E-state index in [-0.39, 0.29) is 18.4 Å². The van der Waals surface area contributed by atoms with Crippen molar-refractivity contribution in [2.45, 2.75) is 19.4 Å². The normalized spacial score (nSPS) is 12.0. The highest BCUT2D eigenvalue weighted by Gasteiger charge is 2.14. The molecule has 0 bridgehead atoms. The van der Waals surface area contributed by atoms with Gasteiger partial charge in [-0.3, -0.25) is 4.79 Å². The van der Waals surface area contributed by atoms with Gasteiger partial charge in [0.05, 0.1) is 12.5 Å². The third-order valence-electron chi connectivity index (χ3n) is 3.13. The minimum Gasteiger partial charge on any atom is -0.349 e. The third-order valence-corrected chi connectivity index (χ3v) is 4.07. The molecule has 0 heterocycles. The van der Waals surface area contributed by atoms with Gasteiger partial charge in [0, 0.05) is 15.1 Å². The fraction of sp³-hybridized carbons (Fsp3) is 0.188. The summed E-state index contributed by atoms with van der Waals surface area (Å²) in [5.41, 5.74) is 1.58. The van der Waals surface area contributed by atoms with Crippen molar-refractivity contribution in [1.82, 2.24) is 5.32 Å². The Morgan fingerprint density at radius 3 is 2.33 bits per heavy atom. The van der Waals surface area contributed by atoms with Crippen molar-refractivity contribution in [3.63, 3.8) is 0 Å². The molecule has 0 aliphatic heterocycles. The second-order valence-corrected chi connectivity index (χ2v) is 5.97. The van der Waals surface area contributed by atoms with E-state index in [1.54, 1.807) is 24.3 Å².